The van der Waals surface area contributed by atoms with Crippen LogP contribution in [0.25, 0.3) is 22.2 Å². The monoisotopic (exact) mass is 582 g/mol. The molecule has 2 atom stereocenters. The minimum absolute atomic E-state index is 0.194. The Balaban J connectivity index is 1.57. The first-order valence-corrected chi connectivity index (χ1v) is 13.5. The summed E-state index contributed by atoms with van der Waals surface area (Å²) < 4.78 is 20.2. The summed E-state index contributed by atoms with van der Waals surface area (Å²) in [5, 5.41) is 12.1. The Morgan fingerprint density at radius 1 is 1.19 bits per heavy atom. The van der Waals surface area contributed by atoms with Crippen LogP contribution in [0.4, 0.5) is 20.7 Å². The van der Waals surface area contributed by atoms with Crippen molar-refractivity contribution in [3.63, 3.8) is 0 Å². The number of fused-ring (bicyclic) bond motifs is 5. The third-order valence-corrected chi connectivity index (χ3v) is 6.60. The average molecular weight is 583 g/mol. The molecule has 0 saturated carbocycles. The number of hydrogen-bond acceptors (Lipinski definition) is 10. The van der Waals surface area contributed by atoms with E-state index in [1.807, 2.05) is 0 Å². The maximum absolute atomic E-state index is 14.7. The predicted molar refractivity (Wildman–Crippen MR) is 161 cm³/mol. The van der Waals surface area contributed by atoms with Crippen molar-refractivity contribution in [2.24, 2.45) is 0 Å². The minimum Gasteiger partial charge on any atom is -0.444 e. The zero-order valence-electron chi connectivity index (χ0n) is 24.6. The first kappa shape index (κ1) is 29.3. The van der Waals surface area contributed by atoms with Crippen molar-refractivity contribution < 1.29 is 18.8 Å². The van der Waals surface area contributed by atoms with E-state index in [1.165, 1.54) is 23.5 Å². The average Bonchev–Trinajstić information content (AvgIpc) is 3.01. The van der Waals surface area contributed by atoms with Crippen LogP contribution in [0.5, 0.6) is 0 Å². The van der Waals surface area contributed by atoms with Crippen molar-refractivity contribution in [1.82, 2.24) is 24.8 Å². The summed E-state index contributed by atoms with van der Waals surface area (Å²) in [4.78, 5) is 37.8. The first-order valence-electron chi connectivity index (χ1n) is 13.5. The number of carbonyl (C=O) groups excluding carboxylic acids is 1. The van der Waals surface area contributed by atoms with Gasteiger partial charge in [0.1, 0.15) is 40.3 Å². The van der Waals surface area contributed by atoms with E-state index >= 15 is 0 Å². The van der Waals surface area contributed by atoms with Gasteiger partial charge in [-0.05, 0) is 70.9 Å². The molecule has 0 radical (unpaired) electrons. The smallest absolute Gasteiger partial charge is 0.410 e. The number of nitrogens with one attached hydrogen (secondary N) is 3. The quantitative estimate of drug-likeness (QED) is 0.215. The Morgan fingerprint density at radius 3 is 2.72 bits per heavy atom. The van der Waals surface area contributed by atoms with Crippen LogP contribution in [-0.2, 0) is 9.57 Å². The summed E-state index contributed by atoms with van der Waals surface area (Å²) in [6.45, 7) is 8.77. The molecule has 1 amide bonds. The lowest BCUT2D eigenvalue weighted by molar-refractivity contribution is 0.00111. The van der Waals surface area contributed by atoms with Crippen LogP contribution < -0.4 is 10.8 Å². The van der Waals surface area contributed by atoms with Gasteiger partial charge in [-0.1, -0.05) is 12.0 Å². The number of amides is 1. The van der Waals surface area contributed by atoms with Crippen LogP contribution in [0, 0.1) is 23.1 Å². The Hall–Kier alpha value is -5.15. The van der Waals surface area contributed by atoms with Gasteiger partial charge in [0.2, 0.25) is 0 Å². The van der Waals surface area contributed by atoms with Crippen LogP contribution in [0.3, 0.4) is 0 Å². The second-order valence-corrected chi connectivity index (χ2v) is 11.1. The number of hydrogen-bond donors (Lipinski definition) is 3. The lowest BCUT2D eigenvalue weighted by atomic mass is 10.1. The van der Waals surface area contributed by atoms with Crippen LogP contribution >= 0.6 is 0 Å². The van der Waals surface area contributed by atoms with E-state index < -0.39 is 29.8 Å². The zero-order valence-corrected chi connectivity index (χ0v) is 24.6. The molecule has 1 aliphatic rings. The fourth-order valence-corrected chi connectivity index (χ4v) is 4.37. The molecule has 12 heteroatoms. The third kappa shape index (κ3) is 6.52. The summed E-state index contributed by atoms with van der Waals surface area (Å²) in [6, 6.07) is 9.56. The molecule has 0 fully saturated rings. The molecule has 1 aliphatic heterocycles. The van der Waals surface area contributed by atoms with Gasteiger partial charge in [0, 0.05) is 29.8 Å². The molecule has 0 saturated heterocycles. The number of aromatic nitrogens is 4. The number of likely N-dealkylation sites (N-methyl/N-ethyl adjacent to an activating group) is 1. The number of nitrogens with zero attached hydrogens (tertiary/aromatic N) is 5. The predicted octanol–water partition coefficient (Wildman–Crippen LogP) is 5.36. The van der Waals surface area contributed by atoms with Crippen molar-refractivity contribution in [3.05, 3.63) is 71.7 Å². The molecule has 4 heterocycles. The van der Waals surface area contributed by atoms with Crippen LogP contribution in [0.15, 0.2) is 48.9 Å². The molecule has 11 nitrogen and oxygen atoms in total. The summed E-state index contributed by atoms with van der Waals surface area (Å²) in [5.41, 5.74) is 5.33. The van der Waals surface area contributed by atoms with Gasteiger partial charge < -0.3 is 20.4 Å². The molecule has 5 rings (SSSR count). The lowest BCUT2D eigenvalue weighted by Crippen LogP contribution is -2.49. The highest BCUT2D eigenvalue weighted by molar-refractivity contribution is 6.02. The number of rotatable bonds is 3. The van der Waals surface area contributed by atoms with E-state index in [1.54, 1.807) is 72.0 Å². The van der Waals surface area contributed by atoms with Gasteiger partial charge in [-0.15, -0.1) is 0 Å². The molecular weight excluding hydrogens is 551 g/mol. The highest BCUT2D eigenvalue weighted by Crippen LogP contribution is 2.32. The maximum atomic E-state index is 14.7. The van der Waals surface area contributed by atoms with Crippen molar-refractivity contribution in [2.45, 2.75) is 52.5 Å². The molecule has 1 aromatic carbocycles. The van der Waals surface area contributed by atoms with Crippen molar-refractivity contribution in [2.75, 3.05) is 17.8 Å². The number of halogens is 1. The molecule has 3 aromatic heterocycles. The highest BCUT2D eigenvalue weighted by atomic mass is 19.1. The van der Waals surface area contributed by atoms with Gasteiger partial charge in [-0.2, -0.15) is 0 Å². The van der Waals surface area contributed by atoms with Crippen LogP contribution in [0.2, 0.25) is 0 Å². The Labute approximate surface area is 248 Å². The van der Waals surface area contributed by atoms with Gasteiger partial charge in [-0.25, -0.2) is 29.0 Å². The first-order chi connectivity index (χ1) is 20.4. The molecule has 0 spiro atoms. The number of benzene rings is 1. The molecule has 2 bridgehead atoms. The standard InChI is InChI=1S/C31H31FN8O3/c1-17(33)25-28-27(36-16-35-25)21-14-22(10-9-19-12-20-8-7-11-34-26(20)23(32)13-19)37-24(15-21)38-29(43-39-28)18(2)40(6)30(41)42-31(3,4)5/h7-8,11-16,18,29,33,39H,1-6H3,(H,37,38). The SMILES string of the molecule is CC(=N)c1ncnc2c1NOC(C(C)N(C)C(=O)OC(C)(C)C)Nc1cc-2cc(C#Cc2cc(F)c3ncccc3c2)n1. The van der Waals surface area contributed by atoms with Crippen LogP contribution in [-0.4, -0.2) is 61.6 Å². The number of ether oxygens (including phenoxy) is 1. The molecule has 4 aromatic rings. The molecule has 2 unspecified atom stereocenters. The summed E-state index contributed by atoms with van der Waals surface area (Å²) in [5.74, 6) is 5.96. The van der Waals surface area contributed by atoms with E-state index in [4.69, 9.17) is 15.0 Å². The molecule has 43 heavy (non-hydrogen) atoms. The van der Waals surface area contributed by atoms with Gasteiger partial charge in [-0.3, -0.25) is 10.5 Å². The molecule has 220 valence electrons. The summed E-state index contributed by atoms with van der Waals surface area (Å²) in [6.07, 6.45) is 1.54. The fraction of sp³-hybridized carbons (Fsp3) is 0.290. The lowest BCUT2D eigenvalue weighted by Gasteiger charge is -2.33. The Kier molecular flexibility index (Phi) is 7.93. The second kappa shape index (κ2) is 11.6. The van der Waals surface area contributed by atoms with Crippen molar-refractivity contribution in [1.29, 1.82) is 5.41 Å². The van der Waals surface area contributed by atoms with Gasteiger partial charge in [0.05, 0.1) is 17.4 Å². The third-order valence-electron chi connectivity index (χ3n) is 6.60. The van der Waals surface area contributed by atoms with E-state index in [0.29, 0.717) is 45.1 Å². The maximum Gasteiger partial charge on any atom is 0.410 e. The van der Waals surface area contributed by atoms with Gasteiger partial charge in [0.15, 0.2) is 12.0 Å². The van der Waals surface area contributed by atoms with Crippen molar-refractivity contribution in [3.8, 4) is 23.1 Å². The summed E-state index contributed by atoms with van der Waals surface area (Å²) >= 11 is 0. The molecular formula is C31H31FN8O3. The number of anilines is 2. The van der Waals surface area contributed by atoms with E-state index in [9.17, 15) is 9.18 Å². The topological polar surface area (TPSA) is 138 Å². The second-order valence-electron chi connectivity index (χ2n) is 11.1. The van der Waals surface area contributed by atoms with E-state index in [0.717, 1.165) is 0 Å². The van der Waals surface area contributed by atoms with Crippen molar-refractivity contribution >= 4 is 34.2 Å². The Bertz CT molecular complexity index is 1790. The summed E-state index contributed by atoms with van der Waals surface area (Å²) in [7, 11) is 1.61. The largest absolute Gasteiger partial charge is 0.444 e. The normalized spacial score (nSPS) is 14.8. The minimum atomic E-state index is -0.840. The zero-order chi connectivity index (χ0) is 30.9. The number of pyridine rings is 2. The van der Waals surface area contributed by atoms with Gasteiger partial charge in [0.25, 0.3) is 0 Å². The highest BCUT2D eigenvalue weighted by Gasteiger charge is 2.31. The van der Waals surface area contributed by atoms with Gasteiger partial charge >= 0.3 is 6.09 Å². The molecule has 0 aliphatic carbocycles. The van der Waals surface area contributed by atoms with Crippen LogP contribution in [0.1, 0.15) is 51.6 Å². The fourth-order valence-electron chi connectivity index (χ4n) is 4.37. The Morgan fingerprint density at radius 2 is 1.98 bits per heavy atom. The molecule has 3 N–H and O–H groups in total. The van der Waals surface area contributed by atoms with E-state index in [-0.39, 0.29) is 11.2 Å². The number of carbonyl (C=O) groups is 1. The van der Waals surface area contributed by atoms with E-state index in [2.05, 4.69) is 42.6 Å².